The van der Waals surface area contributed by atoms with E-state index < -0.39 is 5.54 Å². The molecule has 1 atom stereocenters. The molecule has 8 heteroatoms. The zero-order valence-electron chi connectivity index (χ0n) is 16.8. The average Bonchev–Trinajstić information content (AvgIpc) is 3.47. The molecule has 3 heterocycles. The summed E-state index contributed by atoms with van der Waals surface area (Å²) in [4.78, 5) is 25.5. The van der Waals surface area contributed by atoms with Crippen molar-refractivity contribution in [2.45, 2.75) is 32.2 Å². The molecule has 7 nitrogen and oxygen atoms in total. The fourth-order valence-corrected chi connectivity index (χ4v) is 4.72. The molecule has 30 heavy (non-hydrogen) atoms. The first-order valence-corrected chi connectivity index (χ1v) is 10.7. The molecule has 0 radical (unpaired) electrons. The van der Waals surface area contributed by atoms with Crippen LogP contribution in [0.2, 0.25) is 0 Å². The zero-order valence-corrected chi connectivity index (χ0v) is 18.3. The lowest BCUT2D eigenvalue weighted by Gasteiger charge is -2.34. The lowest BCUT2D eigenvalue weighted by atomic mass is 9.96. The second kappa shape index (κ2) is 7.05. The second-order valence-electron chi connectivity index (χ2n) is 7.89. The van der Waals surface area contributed by atoms with Crippen molar-refractivity contribution in [2.24, 2.45) is 0 Å². The van der Waals surface area contributed by atoms with Crippen LogP contribution in [0.5, 0.6) is 0 Å². The van der Waals surface area contributed by atoms with Gasteiger partial charge in [-0.15, -0.1) is 0 Å². The van der Waals surface area contributed by atoms with Gasteiger partial charge in [0.25, 0.3) is 5.91 Å². The molecule has 2 aromatic heterocycles. The van der Waals surface area contributed by atoms with Crippen LogP contribution in [0, 0.1) is 6.92 Å². The van der Waals surface area contributed by atoms with Crippen LogP contribution in [0.25, 0.3) is 16.7 Å². The highest BCUT2D eigenvalue weighted by atomic mass is 79.9. The molecule has 0 spiro atoms. The Hall–Kier alpha value is -3.00. The zero-order chi connectivity index (χ0) is 20.9. The molecule has 1 aliphatic rings. The standard InChI is InChI=1S/C22H21BrN6O/c1-14-7-8-18(29-24-10-11-25-29)15(13-14)20(30)28-12-4-9-22(28,2)21-26-17-6-3-5-16(23)19(17)27-21/h3,5-8,10-11,13H,4,9,12H2,1-2H3,(H,26,27). The topological polar surface area (TPSA) is 79.7 Å². The van der Waals surface area contributed by atoms with E-state index in [1.165, 1.54) is 4.80 Å². The van der Waals surface area contributed by atoms with Crippen LogP contribution < -0.4 is 0 Å². The maximum absolute atomic E-state index is 13.8. The molecular weight excluding hydrogens is 444 g/mol. The number of imidazole rings is 1. The SMILES string of the molecule is Cc1ccc(-n2nccn2)c(C(=O)N2CCCC2(C)c2nc3c(Br)cccc3[nH]2)c1. The van der Waals surface area contributed by atoms with Gasteiger partial charge in [-0.1, -0.05) is 17.7 Å². The molecule has 1 amide bonds. The summed E-state index contributed by atoms with van der Waals surface area (Å²) in [7, 11) is 0. The number of nitrogens with one attached hydrogen (secondary N) is 1. The van der Waals surface area contributed by atoms with E-state index in [0.29, 0.717) is 17.8 Å². The highest BCUT2D eigenvalue weighted by molar-refractivity contribution is 9.10. The number of nitrogens with zero attached hydrogens (tertiary/aromatic N) is 5. The molecule has 1 saturated heterocycles. The third kappa shape index (κ3) is 2.94. The van der Waals surface area contributed by atoms with Crippen LogP contribution in [0.1, 0.15) is 41.5 Å². The third-order valence-corrected chi connectivity index (χ3v) is 6.52. The Labute approximate surface area is 182 Å². The maximum atomic E-state index is 13.8. The Kier molecular flexibility index (Phi) is 4.47. The van der Waals surface area contributed by atoms with Gasteiger partial charge >= 0.3 is 0 Å². The van der Waals surface area contributed by atoms with Crippen molar-refractivity contribution in [3.8, 4) is 5.69 Å². The normalized spacial score (nSPS) is 19.0. The van der Waals surface area contributed by atoms with Crippen molar-refractivity contribution >= 4 is 32.9 Å². The van der Waals surface area contributed by atoms with Gasteiger partial charge < -0.3 is 9.88 Å². The Morgan fingerprint density at radius 1 is 1.20 bits per heavy atom. The summed E-state index contributed by atoms with van der Waals surface area (Å²) in [6.45, 7) is 4.75. The van der Waals surface area contributed by atoms with Gasteiger partial charge in [0.05, 0.1) is 34.7 Å². The largest absolute Gasteiger partial charge is 0.340 e. The predicted octanol–water partition coefficient (Wildman–Crippen LogP) is 4.37. The molecule has 2 aromatic carbocycles. The van der Waals surface area contributed by atoms with Gasteiger partial charge in [0, 0.05) is 11.0 Å². The van der Waals surface area contributed by atoms with Crippen LogP contribution in [-0.4, -0.2) is 42.3 Å². The summed E-state index contributed by atoms with van der Waals surface area (Å²) < 4.78 is 0.938. The summed E-state index contributed by atoms with van der Waals surface area (Å²) in [5.74, 6) is 0.771. The summed E-state index contributed by atoms with van der Waals surface area (Å²) in [5, 5.41) is 8.46. The lowest BCUT2D eigenvalue weighted by Crippen LogP contribution is -2.44. The number of aryl methyl sites for hydroxylation is 1. The number of hydrogen-bond acceptors (Lipinski definition) is 4. The second-order valence-corrected chi connectivity index (χ2v) is 8.75. The van der Waals surface area contributed by atoms with Gasteiger partial charge in [-0.2, -0.15) is 15.0 Å². The number of carbonyl (C=O) groups is 1. The predicted molar refractivity (Wildman–Crippen MR) is 118 cm³/mol. The Morgan fingerprint density at radius 2 is 2.00 bits per heavy atom. The summed E-state index contributed by atoms with van der Waals surface area (Å²) >= 11 is 3.58. The number of likely N-dealkylation sites (tertiary alicyclic amines) is 1. The number of hydrogen-bond donors (Lipinski definition) is 1. The first-order valence-electron chi connectivity index (χ1n) is 9.91. The number of H-pyrrole nitrogens is 1. The first-order chi connectivity index (χ1) is 14.5. The van der Waals surface area contributed by atoms with Crippen LogP contribution in [-0.2, 0) is 5.54 Å². The highest BCUT2D eigenvalue weighted by Gasteiger charge is 2.44. The van der Waals surface area contributed by atoms with E-state index >= 15 is 0 Å². The molecular formula is C22H21BrN6O. The number of benzene rings is 2. The minimum Gasteiger partial charge on any atom is -0.340 e. The van der Waals surface area contributed by atoms with Gasteiger partial charge in [0.15, 0.2) is 0 Å². The van der Waals surface area contributed by atoms with Gasteiger partial charge in [-0.3, -0.25) is 4.79 Å². The van der Waals surface area contributed by atoms with Gasteiger partial charge in [-0.25, -0.2) is 4.98 Å². The van der Waals surface area contributed by atoms with Crippen LogP contribution >= 0.6 is 15.9 Å². The number of amides is 1. The first kappa shape index (κ1) is 19.0. The molecule has 1 N–H and O–H groups in total. The molecule has 0 aliphatic carbocycles. The van der Waals surface area contributed by atoms with E-state index in [4.69, 9.17) is 4.98 Å². The highest BCUT2D eigenvalue weighted by Crippen LogP contribution is 2.40. The summed E-state index contributed by atoms with van der Waals surface area (Å²) in [5.41, 5.74) is 3.60. The van der Waals surface area contributed by atoms with E-state index in [1.54, 1.807) is 12.4 Å². The summed E-state index contributed by atoms with van der Waals surface area (Å²) in [6.07, 6.45) is 4.99. The van der Waals surface area contributed by atoms with Crippen molar-refractivity contribution < 1.29 is 4.79 Å². The summed E-state index contributed by atoms with van der Waals surface area (Å²) in [6, 6.07) is 11.7. The number of halogens is 1. The molecule has 4 aromatic rings. The van der Waals surface area contributed by atoms with Crippen molar-refractivity contribution in [2.75, 3.05) is 6.54 Å². The van der Waals surface area contributed by atoms with Gasteiger partial charge in [-0.05, 0) is 66.9 Å². The van der Waals surface area contributed by atoms with E-state index in [2.05, 4.69) is 38.0 Å². The van der Waals surface area contributed by atoms with Gasteiger partial charge in [0.2, 0.25) is 0 Å². The smallest absolute Gasteiger partial charge is 0.256 e. The lowest BCUT2D eigenvalue weighted by molar-refractivity contribution is 0.0605. The molecule has 1 unspecified atom stereocenters. The van der Waals surface area contributed by atoms with Gasteiger partial charge in [0.1, 0.15) is 11.3 Å². The Morgan fingerprint density at radius 3 is 2.77 bits per heavy atom. The van der Waals surface area contributed by atoms with E-state index in [-0.39, 0.29) is 5.91 Å². The minimum atomic E-state index is -0.520. The average molecular weight is 465 g/mol. The van der Waals surface area contributed by atoms with E-state index in [1.807, 2.05) is 48.2 Å². The fourth-order valence-electron chi connectivity index (χ4n) is 4.27. The number of aromatic nitrogens is 5. The maximum Gasteiger partial charge on any atom is 0.256 e. The Bertz CT molecular complexity index is 1250. The molecule has 0 bridgehead atoms. The molecule has 1 aliphatic heterocycles. The van der Waals surface area contributed by atoms with Crippen molar-refractivity contribution in [3.63, 3.8) is 0 Å². The number of carbonyl (C=O) groups excluding carboxylic acids is 1. The van der Waals surface area contributed by atoms with Crippen LogP contribution in [0.3, 0.4) is 0 Å². The van der Waals surface area contributed by atoms with Crippen molar-refractivity contribution in [3.05, 3.63) is 70.2 Å². The monoisotopic (exact) mass is 464 g/mol. The van der Waals surface area contributed by atoms with E-state index in [9.17, 15) is 4.79 Å². The molecule has 152 valence electrons. The Balaban J connectivity index is 1.59. The number of fused-ring (bicyclic) bond motifs is 1. The van der Waals surface area contributed by atoms with Crippen molar-refractivity contribution in [1.29, 1.82) is 0 Å². The fraction of sp³-hybridized carbons (Fsp3) is 0.273. The third-order valence-electron chi connectivity index (χ3n) is 5.88. The number of rotatable bonds is 3. The quantitative estimate of drug-likeness (QED) is 0.488. The van der Waals surface area contributed by atoms with Crippen LogP contribution in [0.4, 0.5) is 0 Å². The van der Waals surface area contributed by atoms with E-state index in [0.717, 1.165) is 39.7 Å². The molecule has 1 fully saturated rings. The van der Waals surface area contributed by atoms with Crippen LogP contribution in [0.15, 0.2) is 53.3 Å². The molecule has 0 saturated carbocycles. The number of aromatic amines is 1. The number of para-hydroxylation sites is 1. The molecule has 5 rings (SSSR count). The minimum absolute atomic E-state index is 0.0366. The van der Waals surface area contributed by atoms with Crippen molar-refractivity contribution in [1.82, 2.24) is 29.9 Å².